The van der Waals surface area contributed by atoms with Gasteiger partial charge in [-0.15, -0.1) is 0 Å². The largest absolute Gasteiger partial charge is 0.490 e. The minimum absolute atomic E-state index is 0.105. The van der Waals surface area contributed by atoms with E-state index >= 15 is 0 Å². The number of carboxylic acid groups (broad SMARTS) is 2. The number of anilines is 1. The van der Waals surface area contributed by atoms with E-state index in [9.17, 15) is 37.7 Å². The molecule has 0 aliphatic carbocycles. The molecule has 41 heavy (non-hydrogen) atoms. The van der Waals surface area contributed by atoms with Crippen LogP contribution in [0.5, 0.6) is 0 Å². The molecule has 0 radical (unpaired) electrons. The number of benzene rings is 1. The molecule has 2 aromatic rings. The summed E-state index contributed by atoms with van der Waals surface area (Å²) in [7, 11) is 0. The van der Waals surface area contributed by atoms with E-state index in [4.69, 9.17) is 26.6 Å². The molecule has 1 unspecified atom stereocenters. The molecule has 1 heterocycles. The van der Waals surface area contributed by atoms with Crippen molar-refractivity contribution in [3.63, 3.8) is 0 Å². The van der Waals surface area contributed by atoms with Crippen LogP contribution in [0.25, 0.3) is 0 Å². The number of amides is 2. The number of nitrogens with one attached hydrogen (secondary N) is 3. The molecule has 0 saturated carbocycles. The molecule has 0 aliphatic heterocycles. The lowest BCUT2D eigenvalue weighted by atomic mass is 10.0. The monoisotopic (exact) mass is 605 g/mol. The van der Waals surface area contributed by atoms with Gasteiger partial charge < -0.3 is 26.2 Å². The van der Waals surface area contributed by atoms with E-state index < -0.39 is 47.1 Å². The van der Waals surface area contributed by atoms with Gasteiger partial charge in [-0.05, 0) is 49.1 Å². The van der Waals surface area contributed by atoms with Gasteiger partial charge in [0.1, 0.15) is 10.8 Å². The third kappa shape index (κ3) is 13.9. The van der Waals surface area contributed by atoms with Gasteiger partial charge in [0, 0.05) is 25.2 Å². The molecule has 1 aromatic heterocycles. The number of pyridine rings is 1. The van der Waals surface area contributed by atoms with Crippen LogP contribution < -0.4 is 16.0 Å². The van der Waals surface area contributed by atoms with Gasteiger partial charge in [-0.1, -0.05) is 17.7 Å². The van der Waals surface area contributed by atoms with E-state index in [2.05, 4.69) is 20.9 Å². The smallest absolute Gasteiger partial charge is 0.481 e. The maximum absolute atomic E-state index is 12.3. The number of carbonyl (C=O) groups is 4. The zero-order valence-corrected chi connectivity index (χ0v) is 22.3. The topological polar surface area (TPSA) is 201 Å². The lowest BCUT2D eigenvalue weighted by molar-refractivity contribution is -0.384. The van der Waals surface area contributed by atoms with E-state index in [0.29, 0.717) is 13.0 Å². The summed E-state index contributed by atoms with van der Waals surface area (Å²) in [4.78, 5) is 59.0. The summed E-state index contributed by atoms with van der Waals surface area (Å²) in [5.74, 6) is -4.14. The van der Waals surface area contributed by atoms with E-state index in [1.54, 1.807) is 6.20 Å². The van der Waals surface area contributed by atoms with Gasteiger partial charge >= 0.3 is 18.1 Å². The summed E-state index contributed by atoms with van der Waals surface area (Å²) < 4.78 is 31.7. The SMILES string of the molecule is Cc1ccnc(NCCCCC(=O)NCC(=O)NC(CC(=O)O)c2ccc(Cl)c([N+](=O)[O-])c2)c1.O=C(O)C(F)(F)F. The maximum Gasteiger partial charge on any atom is 0.490 e. The number of nitro benzene ring substituents is 1. The highest BCUT2D eigenvalue weighted by molar-refractivity contribution is 6.32. The molecule has 17 heteroatoms. The minimum Gasteiger partial charge on any atom is -0.481 e. The molecule has 224 valence electrons. The molecule has 0 fully saturated rings. The van der Waals surface area contributed by atoms with Gasteiger partial charge in [0.05, 0.1) is 23.9 Å². The number of nitrogens with zero attached hydrogens (tertiary/aromatic N) is 2. The lowest BCUT2D eigenvalue weighted by Crippen LogP contribution is -2.39. The van der Waals surface area contributed by atoms with Gasteiger partial charge in [0.2, 0.25) is 11.8 Å². The van der Waals surface area contributed by atoms with Crippen LogP contribution in [-0.2, 0) is 19.2 Å². The molecule has 0 aliphatic rings. The Bertz CT molecular complexity index is 1250. The highest BCUT2D eigenvalue weighted by Crippen LogP contribution is 2.29. The number of unbranched alkanes of at least 4 members (excludes halogenated alkanes) is 1. The second kappa shape index (κ2) is 16.6. The molecule has 1 atom stereocenters. The first-order valence-electron chi connectivity index (χ1n) is 11.8. The second-order valence-electron chi connectivity index (χ2n) is 8.37. The van der Waals surface area contributed by atoms with E-state index in [0.717, 1.165) is 23.9 Å². The fourth-order valence-corrected chi connectivity index (χ4v) is 3.27. The Kier molecular flexibility index (Phi) is 14.0. The van der Waals surface area contributed by atoms with Crippen LogP contribution in [0.1, 0.15) is 42.9 Å². The Morgan fingerprint density at radius 1 is 1.10 bits per heavy atom. The van der Waals surface area contributed by atoms with Gasteiger partial charge in [-0.25, -0.2) is 9.78 Å². The first kappa shape index (κ1) is 34.6. The Balaban J connectivity index is 0.00000106. The molecule has 0 spiro atoms. The molecule has 13 nitrogen and oxygen atoms in total. The second-order valence-corrected chi connectivity index (χ2v) is 8.78. The van der Waals surface area contributed by atoms with Gasteiger partial charge in [0.15, 0.2) is 0 Å². The number of hydrogen-bond acceptors (Lipinski definition) is 8. The first-order valence-corrected chi connectivity index (χ1v) is 12.2. The number of alkyl halides is 3. The number of carbonyl (C=O) groups excluding carboxylic acids is 2. The Labute approximate surface area is 236 Å². The van der Waals surface area contributed by atoms with Crippen LogP contribution >= 0.6 is 11.6 Å². The Morgan fingerprint density at radius 3 is 2.32 bits per heavy atom. The molecule has 2 amide bonds. The van der Waals surface area contributed by atoms with Gasteiger partial charge in [0.25, 0.3) is 5.69 Å². The predicted molar refractivity (Wildman–Crippen MR) is 139 cm³/mol. The van der Waals surface area contributed by atoms with Crippen molar-refractivity contribution in [2.45, 2.75) is 44.8 Å². The van der Waals surface area contributed by atoms with Crippen molar-refractivity contribution in [1.29, 1.82) is 0 Å². The van der Waals surface area contributed by atoms with Crippen LogP contribution in [0.15, 0.2) is 36.5 Å². The number of nitro groups is 1. The van der Waals surface area contributed by atoms with E-state index in [-0.39, 0.29) is 29.5 Å². The van der Waals surface area contributed by atoms with Crippen LogP contribution in [0.4, 0.5) is 24.7 Å². The highest BCUT2D eigenvalue weighted by atomic mass is 35.5. The fraction of sp³-hybridized carbons (Fsp3) is 0.375. The molecular weight excluding hydrogens is 579 g/mol. The van der Waals surface area contributed by atoms with Crippen LogP contribution in [0.3, 0.4) is 0 Å². The number of rotatable bonds is 13. The average molecular weight is 606 g/mol. The number of aliphatic carboxylic acids is 2. The van der Waals surface area contributed by atoms with Crippen molar-refractivity contribution in [3.8, 4) is 0 Å². The third-order valence-corrected chi connectivity index (χ3v) is 5.34. The van der Waals surface area contributed by atoms with Crippen molar-refractivity contribution >= 4 is 46.9 Å². The summed E-state index contributed by atoms with van der Waals surface area (Å²) in [5, 5.41) is 35.4. The minimum atomic E-state index is -5.08. The van der Waals surface area contributed by atoms with Crippen molar-refractivity contribution < 1.29 is 47.5 Å². The summed E-state index contributed by atoms with van der Waals surface area (Å²) in [6, 6.07) is 6.58. The maximum atomic E-state index is 12.3. The number of aryl methyl sites for hydroxylation is 1. The Morgan fingerprint density at radius 2 is 1.76 bits per heavy atom. The molecule has 0 saturated heterocycles. The first-order chi connectivity index (χ1) is 19.1. The summed E-state index contributed by atoms with van der Waals surface area (Å²) >= 11 is 5.79. The molecule has 5 N–H and O–H groups in total. The molecular formula is C24H27ClF3N5O8. The molecule has 2 rings (SSSR count). The van der Waals surface area contributed by atoms with Crippen molar-refractivity contribution in [1.82, 2.24) is 15.6 Å². The zero-order chi connectivity index (χ0) is 31.2. The van der Waals surface area contributed by atoms with Crippen molar-refractivity contribution in [2.24, 2.45) is 0 Å². The van der Waals surface area contributed by atoms with Gasteiger partial charge in [-0.3, -0.25) is 24.5 Å². The zero-order valence-electron chi connectivity index (χ0n) is 21.5. The van der Waals surface area contributed by atoms with E-state index in [1.165, 1.54) is 12.1 Å². The van der Waals surface area contributed by atoms with Gasteiger partial charge in [-0.2, -0.15) is 13.2 Å². The summed E-state index contributed by atoms with van der Waals surface area (Å²) in [6.45, 7) is 2.26. The predicted octanol–water partition coefficient (Wildman–Crippen LogP) is 3.62. The number of hydrogen-bond donors (Lipinski definition) is 5. The number of carboxylic acids is 2. The molecule has 0 bridgehead atoms. The average Bonchev–Trinajstić information content (AvgIpc) is 2.86. The highest BCUT2D eigenvalue weighted by Gasteiger charge is 2.38. The van der Waals surface area contributed by atoms with Crippen molar-refractivity contribution in [3.05, 3.63) is 62.8 Å². The number of aromatic nitrogens is 1. The van der Waals surface area contributed by atoms with Crippen LogP contribution in [-0.4, -0.2) is 63.1 Å². The summed E-state index contributed by atoms with van der Waals surface area (Å²) in [6.07, 6.45) is -2.32. The number of halogens is 4. The summed E-state index contributed by atoms with van der Waals surface area (Å²) in [5.41, 5.74) is 0.911. The van der Waals surface area contributed by atoms with E-state index in [1.807, 2.05) is 19.1 Å². The quantitative estimate of drug-likeness (QED) is 0.127. The lowest BCUT2D eigenvalue weighted by Gasteiger charge is -2.18. The fourth-order valence-electron chi connectivity index (χ4n) is 3.09. The van der Waals surface area contributed by atoms with Crippen LogP contribution in [0, 0.1) is 17.0 Å². The molecule has 1 aromatic carbocycles. The van der Waals surface area contributed by atoms with Crippen LogP contribution in [0.2, 0.25) is 5.02 Å². The van der Waals surface area contributed by atoms with Crippen molar-refractivity contribution in [2.75, 3.05) is 18.4 Å². The Hall–Kier alpha value is -4.47. The standard InChI is InChI=1S/C22H26ClN5O6.C2HF3O2/c1-14-7-9-25-19(10-14)24-8-3-2-4-20(29)26-13-21(30)27-17(12-22(31)32)15-5-6-16(23)18(11-15)28(33)34;3-2(4,5)1(6)7/h5-7,9-11,17H,2-4,8,12-13H2,1H3,(H,24,25)(H,26,29)(H,27,30)(H,31,32);(H,6,7). The normalized spacial score (nSPS) is 11.3. The third-order valence-electron chi connectivity index (χ3n) is 5.02.